The van der Waals surface area contributed by atoms with Crippen LogP contribution in [0.4, 0.5) is 13.9 Å². The molecule has 0 aliphatic rings. The Morgan fingerprint density at radius 2 is 2.00 bits per heavy atom. The van der Waals surface area contributed by atoms with Crippen LogP contribution in [0, 0.1) is 32.4 Å². The predicted molar refractivity (Wildman–Crippen MR) is 104 cm³/mol. The summed E-state index contributed by atoms with van der Waals surface area (Å²) in [4.78, 5) is 18.7. The summed E-state index contributed by atoms with van der Waals surface area (Å²) in [5, 5.41) is 8.42. The normalized spacial score (nSPS) is 11.3. The van der Waals surface area contributed by atoms with E-state index in [9.17, 15) is 13.6 Å². The van der Waals surface area contributed by atoms with E-state index in [4.69, 9.17) is 4.52 Å². The van der Waals surface area contributed by atoms with Gasteiger partial charge in [0.05, 0.1) is 16.9 Å². The van der Waals surface area contributed by atoms with Crippen LogP contribution < -0.4 is 4.90 Å². The largest absolute Gasteiger partial charge is 0.361 e. The molecule has 3 heterocycles. The number of carbonyl (C=O) groups excluding carboxylic acids is 1. The minimum absolute atomic E-state index is 0.0200. The van der Waals surface area contributed by atoms with Gasteiger partial charge in [-0.2, -0.15) is 5.10 Å². The van der Waals surface area contributed by atoms with E-state index in [1.807, 2.05) is 19.9 Å². The molecule has 0 spiro atoms. The van der Waals surface area contributed by atoms with Crippen molar-refractivity contribution in [1.29, 1.82) is 0 Å². The smallest absolute Gasteiger partial charge is 0.282 e. The number of amides is 1. The van der Waals surface area contributed by atoms with E-state index in [2.05, 4.69) is 15.2 Å². The average molecular weight is 417 g/mol. The number of anilines is 1. The number of rotatable bonds is 5. The van der Waals surface area contributed by atoms with E-state index in [1.54, 1.807) is 11.6 Å². The molecule has 0 aliphatic heterocycles. The molecular weight excluding hydrogens is 400 g/mol. The SMILES string of the molecule is Cc1cc(C)n(CCN(C(=O)c2cc(C)on2)c2nc3c(F)cc(F)cc3s2)n1. The second kappa shape index (κ2) is 7.36. The molecule has 1 aromatic carbocycles. The van der Waals surface area contributed by atoms with Crippen molar-refractivity contribution in [2.75, 3.05) is 11.4 Å². The summed E-state index contributed by atoms with van der Waals surface area (Å²) in [5.74, 6) is -1.42. The fourth-order valence-electron chi connectivity index (χ4n) is 3.05. The molecule has 0 unspecified atom stereocenters. The first-order valence-corrected chi connectivity index (χ1v) is 9.65. The number of nitrogens with zero attached hydrogens (tertiary/aromatic N) is 5. The van der Waals surface area contributed by atoms with Gasteiger partial charge in [0.1, 0.15) is 17.1 Å². The quantitative estimate of drug-likeness (QED) is 0.490. The van der Waals surface area contributed by atoms with Crippen molar-refractivity contribution in [3.8, 4) is 0 Å². The number of halogens is 2. The minimum atomic E-state index is -0.772. The molecule has 0 saturated carbocycles. The molecule has 3 aromatic heterocycles. The molecule has 0 saturated heterocycles. The summed E-state index contributed by atoms with van der Waals surface area (Å²) in [7, 11) is 0. The second-order valence-electron chi connectivity index (χ2n) is 6.66. The number of aryl methyl sites for hydroxylation is 3. The van der Waals surface area contributed by atoms with Crippen LogP contribution >= 0.6 is 11.3 Å². The molecule has 1 amide bonds. The zero-order valence-corrected chi connectivity index (χ0v) is 16.8. The molecule has 4 aromatic rings. The highest BCUT2D eigenvalue weighted by Gasteiger charge is 2.25. The Labute approximate surface area is 168 Å². The molecule has 0 bridgehead atoms. The monoisotopic (exact) mass is 417 g/mol. The molecule has 0 atom stereocenters. The fourth-order valence-corrected chi connectivity index (χ4v) is 4.08. The summed E-state index contributed by atoms with van der Waals surface area (Å²) < 4.78 is 34.8. The van der Waals surface area contributed by atoms with Crippen molar-refractivity contribution in [2.45, 2.75) is 27.3 Å². The first-order chi connectivity index (χ1) is 13.8. The highest BCUT2D eigenvalue weighted by molar-refractivity contribution is 7.22. The molecular formula is C19H17F2N5O2S. The average Bonchev–Trinajstić information content (AvgIpc) is 3.34. The van der Waals surface area contributed by atoms with Crippen LogP contribution in [0.1, 0.15) is 27.6 Å². The van der Waals surface area contributed by atoms with Gasteiger partial charge in [0.25, 0.3) is 5.91 Å². The number of hydrogen-bond acceptors (Lipinski definition) is 6. The van der Waals surface area contributed by atoms with Crippen molar-refractivity contribution in [1.82, 2.24) is 19.9 Å². The number of thiazole rings is 1. The first kappa shape index (κ1) is 19.2. The van der Waals surface area contributed by atoms with E-state index in [0.717, 1.165) is 28.8 Å². The van der Waals surface area contributed by atoms with Gasteiger partial charge < -0.3 is 4.52 Å². The van der Waals surface area contributed by atoms with Crippen molar-refractivity contribution in [2.24, 2.45) is 0 Å². The van der Waals surface area contributed by atoms with Crippen LogP contribution in [0.25, 0.3) is 10.2 Å². The molecule has 0 N–H and O–H groups in total. The lowest BCUT2D eigenvalue weighted by Gasteiger charge is -2.19. The molecule has 150 valence electrons. The summed E-state index contributed by atoms with van der Waals surface area (Å²) in [6.07, 6.45) is 0. The maximum Gasteiger partial charge on any atom is 0.282 e. The van der Waals surface area contributed by atoms with Gasteiger partial charge in [-0.25, -0.2) is 13.8 Å². The Morgan fingerprint density at radius 3 is 2.66 bits per heavy atom. The predicted octanol–water partition coefficient (Wildman–Crippen LogP) is 4.03. The lowest BCUT2D eigenvalue weighted by atomic mass is 10.3. The summed E-state index contributed by atoms with van der Waals surface area (Å²) in [6, 6.07) is 5.42. The van der Waals surface area contributed by atoms with Crippen molar-refractivity contribution in [3.63, 3.8) is 0 Å². The lowest BCUT2D eigenvalue weighted by molar-refractivity contribution is 0.0977. The summed E-state index contributed by atoms with van der Waals surface area (Å²) >= 11 is 1.03. The molecule has 0 radical (unpaired) electrons. The Hall–Kier alpha value is -3.14. The maximum absolute atomic E-state index is 14.1. The number of aromatic nitrogens is 4. The van der Waals surface area contributed by atoms with E-state index in [-0.39, 0.29) is 22.9 Å². The minimum Gasteiger partial charge on any atom is -0.361 e. The van der Waals surface area contributed by atoms with Crippen LogP contribution in [0.15, 0.2) is 28.8 Å². The van der Waals surface area contributed by atoms with Crippen LogP contribution in [0.3, 0.4) is 0 Å². The van der Waals surface area contributed by atoms with Gasteiger partial charge >= 0.3 is 0 Å². The van der Waals surface area contributed by atoms with Gasteiger partial charge in [-0.1, -0.05) is 16.5 Å². The summed E-state index contributed by atoms with van der Waals surface area (Å²) in [6.45, 7) is 6.10. The summed E-state index contributed by atoms with van der Waals surface area (Å²) in [5.41, 5.74) is 1.95. The topological polar surface area (TPSA) is 77.0 Å². The van der Waals surface area contributed by atoms with E-state index in [0.29, 0.717) is 17.0 Å². The molecule has 0 aliphatic carbocycles. The van der Waals surface area contributed by atoms with E-state index < -0.39 is 17.5 Å². The van der Waals surface area contributed by atoms with Crippen molar-refractivity contribution < 1.29 is 18.1 Å². The molecule has 4 rings (SSSR count). The van der Waals surface area contributed by atoms with Gasteiger partial charge in [0, 0.05) is 24.4 Å². The fraction of sp³-hybridized carbons (Fsp3) is 0.263. The number of hydrogen-bond donors (Lipinski definition) is 0. The van der Waals surface area contributed by atoms with Gasteiger partial charge in [-0.15, -0.1) is 0 Å². The van der Waals surface area contributed by atoms with Crippen molar-refractivity contribution >= 4 is 32.6 Å². The van der Waals surface area contributed by atoms with Gasteiger partial charge in [-0.3, -0.25) is 14.4 Å². The third kappa shape index (κ3) is 3.75. The molecule has 7 nitrogen and oxygen atoms in total. The Bertz CT molecular complexity index is 1210. The second-order valence-corrected chi connectivity index (χ2v) is 7.67. The van der Waals surface area contributed by atoms with Crippen LogP contribution in [0.5, 0.6) is 0 Å². The zero-order chi connectivity index (χ0) is 20.7. The maximum atomic E-state index is 14.1. The van der Waals surface area contributed by atoms with Gasteiger partial charge in [-0.05, 0) is 32.9 Å². The van der Waals surface area contributed by atoms with Gasteiger partial charge in [0.15, 0.2) is 16.6 Å². The third-order valence-corrected chi connectivity index (χ3v) is 5.39. The molecule has 10 heteroatoms. The zero-order valence-electron chi connectivity index (χ0n) is 15.9. The number of carbonyl (C=O) groups is 1. The standard InChI is InChI=1S/C19H17F2N5O2S/c1-10-6-11(2)26(23-10)5-4-25(18(27)15-7-12(3)28-24-15)19-22-17-14(21)8-13(20)9-16(17)29-19/h6-9H,4-5H2,1-3H3. The Morgan fingerprint density at radius 1 is 1.21 bits per heavy atom. The number of fused-ring (bicyclic) bond motifs is 1. The number of benzene rings is 1. The highest BCUT2D eigenvalue weighted by Crippen LogP contribution is 2.32. The van der Waals surface area contributed by atoms with E-state index >= 15 is 0 Å². The van der Waals surface area contributed by atoms with Crippen molar-refractivity contribution in [3.05, 3.63) is 58.7 Å². The third-order valence-electron chi connectivity index (χ3n) is 4.36. The van der Waals surface area contributed by atoms with Crippen LogP contribution in [-0.4, -0.2) is 32.4 Å². The van der Waals surface area contributed by atoms with Gasteiger partial charge in [0.2, 0.25) is 0 Å². The Kier molecular flexibility index (Phi) is 4.87. The first-order valence-electron chi connectivity index (χ1n) is 8.83. The molecule has 29 heavy (non-hydrogen) atoms. The van der Waals surface area contributed by atoms with E-state index in [1.165, 1.54) is 17.0 Å². The molecule has 0 fully saturated rings. The highest BCUT2D eigenvalue weighted by atomic mass is 32.1. The lowest BCUT2D eigenvalue weighted by Crippen LogP contribution is -2.34. The Balaban J connectivity index is 1.72. The van der Waals surface area contributed by atoms with Crippen LogP contribution in [-0.2, 0) is 6.54 Å². The van der Waals surface area contributed by atoms with Crippen LogP contribution in [0.2, 0.25) is 0 Å².